The highest BCUT2D eigenvalue weighted by molar-refractivity contribution is 7.91. The number of carbonyl (C=O) groups is 2. The van der Waals surface area contributed by atoms with E-state index in [4.69, 9.17) is 0 Å². The van der Waals surface area contributed by atoms with Gasteiger partial charge in [-0.3, -0.25) is 9.59 Å². The summed E-state index contributed by atoms with van der Waals surface area (Å²) >= 11 is -1.01. The predicted molar refractivity (Wildman–Crippen MR) is 128 cm³/mol. The Morgan fingerprint density at radius 3 is 2.75 bits per heavy atom. The summed E-state index contributed by atoms with van der Waals surface area (Å²) in [6, 6.07) is 3.68. The minimum atomic E-state index is -1.01. The zero-order chi connectivity index (χ0) is 23.0. The smallest absolute Gasteiger partial charge is 0.256 e. The molecule has 1 aromatic heterocycles. The zero-order valence-corrected chi connectivity index (χ0v) is 19.9. The van der Waals surface area contributed by atoms with Crippen molar-refractivity contribution >= 4 is 40.3 Å². The Morgan fingerprint density at radius 2 is 2.03 bits per heavy atom. The van der Waals surface area contributed by atoms with Gasteiger partial charge in [0.2, 0.25) is 0 Å². The number of aromatic amines is 1. The fourth-order valence-corrected chi connectivity index (χ4v) is 5.92. The molecule has 0 bridgehead atoms. The van der Waals surface area contributed by atoms with Crippen LogP contribution in [0.4, 0.5) is 5.69 Å². The second-order valence-electron chi connectivity index (χ2n) is 8.22. The number of rotatable bonds is 7. The van der Waals surface area contributed by atoms with E-state index in [0.29, 0.717) is 29.9 Å². The zero-order valence-electron chi connectivity index (χ0n) is 19.1. The summed E-state index contributed by atoms with van der Waals surface area (Å²) in [5.74, 6) is 0.301. The predicted octanol–water partition coefficient (Wildman–Crippen LogP) is 2.86. The number of aryl methyl sites for hydroxylation is 1. The van der Waals surface area contributed by atoms with Gasteiger partial charge in [-0.2, -0.15) is 0 Å². The number of likely N-dealkylation sites (N-methyl/N-ethyl adjacent to an activating group) is 1. The average Bonchev–Trinajstić information content (AvgIpc) is 3.39. The molecular weight excluding hydrogens is 424 g/mol. The first-order chi connectivity index (χ1) is 15.3. The summed E-state index contributed by atoms with van der Waals surface area (Å²) in [5.41, 5.74) is 6.08. The summed E-state index contributed by atoms with van der Waals surface area (Å²) in [6.45, 7) is 11.3. The molecule has 1 aromatic carbocycles. The number of carbonyl (C=O) groups excluding carboxylic acids is 2. The summed E-state index contributed by atoms with van der Waals surface area (Å²) < 4.78 is 12.3. The van der Waals surface area contributed by atoms with Crippen molar-refractivity contribution in [2.24, 2.45) is 0 Å². The molecule has 0 radical (unpaired) electrons. The van der Waals surface area contributed by atoms with Crippen molar-refractivity contribution in [1.82, 2.24) is 15.2 Å². The second kappa shape index (κ2) is 9.13. The lowest BCUT2D eigenvalue weighted by Gasteiger charge is -2.18. The van der Waals surface area contributed by atoms with Crippen LogP contribution in [-0.2, 0) is 22.4 Å². The Kier molecular flexibility index (Phi) is 6.46. The Morgan fingerprint density at radius 1 is 1.28 bits per heavy atom. The molecule has 3 heterocycles. The molecule has 2 aliphatic rings. The number of anilines is 1. The van der Waals surface area contributed by atoms with Gasteiger partial charge >= 0.3 is 0 Å². The number of H-pyrrole nitrogens is 1. The van der Waals surface area contributed by atoms with Crippen LogP contribution in [0.3, 0.4) is 0 Å². The van der Waals surface area contributed by atoms with Gasteiger partial charge < -0.3 is 25.1 Å². The van der Waals surface area contributed by atoms with Crippen LogP contribution in [0, 0.1) is 13.8 Å². The van der Waals surface area contributed by atoms with Gasteiger partial charge in [0.25, 0.3) is 11.8 Å². The molecule has 1 atom stereocenters. The van der Waals surface area contributed by atoms with Gasteiger partial charge in [-0.1, -0.05) is 13.8 Å². The molecule has 4 rings (SSSR count). The minimum Gasteiger partial charge on any atom is -0.611 e. The molecule has 7 nitrogen and oxygen atoms in total. The molecule has 8 heteroatoms. The van der Waals surface area contributed by atoms with Crippen LogP contribution in [0.25, 0.3) is 11.6 Å². The molecule has 0 saturated heterocycles. The van der Waals surface area contributed by atoms with Gasteiger partial charge in [0.05, 0.1) is 11.1 Å². The molecule has 32 heavy (non-hydrogen) atoms. The van der Waals surface area contributed by atoms with Crippen LogP contribution in [0.2, 0.25) is 0 Å². The van der Waals surface area contributed by atoms with Crippen LogP contribution in [0.1, 0.15) is 52.3 Å². The first kappa shape index (κ1) is 22.6. The van der Waals surface area contributed by atoms with Gasteiger partial charge in [0.1, 0.15) is 5.75 Å². The standard InChI is InChI=1S/C24H30N4O3S/c1-5-28(6-2)11-10-25-24(30)21-14(3)19(26-15(21)4)13-17-22-16-9-12-32(31)20(16)8-7-18(22)27-23(17)29/h7-8,13,26H,5-6,9-12H2,1-4H3,(H,25,30)(H,27,29)/b17-13-. The van der Waals surface area contributed by atoms with Crippen molar-refractivity contribution in [3.05, 3.63) is 45.8 Å². The van der Waals surface area contributed by atoms with E-state index in [0.717, 1.165) is 58.3 Å². The van der Waals surface area contributed by atoms with Crippen LogP contribution in [0.15, 0.2) is 17.0 Å². The number of nitrogens with zero attached hydrogens (tertiary/aromatic N) is 1. The molecule has 2 aliphatic heterocycles. The molecule has 3 N–H and O–H groups in total. The minimum absolute atomic E-state index is 0.111. The normalized spacial score (nSPS) is 18.2. The molecule has 0 saturated carbocycles. The van der Waals surface area contributed by atoms with Crippen molar-refractivity contribution in [3.8, 4) is 0 Å². The first-order valence-electron chi connectivity index (χ1n) is 11.1. The van der Waals surface area contributed by atoms with E-state index < -0.39 is 11.2 Å². The number of nitrogens with one attached hydrogen (secondary N) is 3. The van der Waals surface area contributed by atoms with Crippen LogP contribution in [0.5, 0.6) is 0 Å². The highest BCUT2D eigenvalue weighted by atomic mass is 32.2. The maximum absolute atomic E-state index is 12.9. The maximum Gasteiger partial charge on any atom is 0.256 e. The summed E-state index contributed by atoms with van der Waals surface area (Å²) in [4.78, 5) is 32.0. The molecule has 0 spiro atoms. The van der Waals surface area contributed by atoms with E-state index in [9.17, 15) is 14.1 Å². The number of hydrogen-bond acceptors (Lipinski definition) is 4. The third-order valence-corrected chi connectivity index (χ3v) is 7.86. The van der Waals surface area contributed by atoms with Gasteiger partial charge in [-0.25, -0.2) is 0 Å². The van der Waals surface area contributed by atoms with Crippen molar-refractivity contribution in [3.63, 3.8) is 0 Å². The van der Waals surface area contributed by atoms with Crippen molar-refractivity contribution in [2.45, 2.75) is 39.0 Å². The third-order valence-electron chi connectivity index (χ3n) is 6.41. The number of aromatic nitrogens is 1. The van der Waals surface area contributed by atoms with Gasteiger partial charge in [0, 0.05) is 47.7 Å². The Balaban J connectivity index is 1.62. The lowest BCUT2D eigenvalue weighted by molar-refractivity contribution is -0.110. The van der Waals surface area contributed by atoms with E-state index in [2.05, 4.69) is 34.4 Å². The van der Waals surface area contributed by atoms with E-state index in [1.165, 1.54) is 0 Å². The SMILES string of the molecule is CCN(CC)CCNC(=O)c1c(C)[nH]c(/C=C2\C(=O)Nc3ccc4c(c32)CC[S+]4[O-])c1C. The Labute approximate surface area is 191 Å². The largest absolute Gasteiger partial charge is 0.611 e. The summed E-state index contributed by atoms with van der Waals surface area (Å²) in [5, 5.41) is 5.94. The summed E-state index contributed by atoms with van der Waals surface area (Å²) in [7, 11) is 0. The first-order valence-corrected chi connectivity index (χ1v) is 12.4. The molecule has 2 amide bonds. The van der Waals surface area contributed by atoms with E-state index in [1.54, 1.807) is 0 Å². The van der Waals surface area contributed by atoms with Crippen molar-refractivity contribution in [2.75, 3.05) is 37.2 Å². The Hall–Kier alpha value is -2.55. The lowest BCUT2D eigenvalue weighted by atomic mass is 9.97. The highest BCUT2D eigenvalue weighted by Crippen LogP contribution is 2.42. The molecule has 2 aromatic rings. The van der Waals surface area contributed by atoms with E-state index in [-0.39, 0.29) is 11.8 Å². The summed E-state index contributed by atoms with van der Waals surface area (Å²) in [6.07, 6.45) is 2.51. The number of amides is 2. The molecule has 0 fully saturated rings. The number of benzene rings is 1. The molecule has 0 aliphatic carbocycles. The average molecular weight is 455 g/mol. The van der Waals surface area contributed by atoms with Gasteiger partial charge in [-0.05, 0) is 61.9 Å². The van der Waals surface area contributed by atoms with Gasteiger partial charge in [0.15, 0.2) is 4.90 Å². The fourth-order valence-electron chi connectivity index (χ4n) is 4.61. The van der Waals surface area contributed by atoms with Crippen LogP contribution < -0.4 is 10.6 Å². The highest BCUT2D eigenvalue weighted by Gasteiger charge is 2.35. The second-order valence-corrected chi connectivity index (χ2v) is 9.76. The molecule has 1 unspecified atom stereocenters. The Bertz CT molecular complexity index is 1100. The molecule has 170 valence electrons. The van der Waals surface area contributed by atoms with Crippen molar-refractivity contribution < 1.29 is 14.1 Å². The quantitative estimate of drug-likeness (QED) is 0.442. The number of fused-ring (bicyclic) bond motifs is 3. The van der Waals surface area contributed by atoms with E-state index >= 15 is 0 Å². The lowest BCUT2D eigenvalue weighted by Crippen LogP contribution is -2.35. The maximum atomic E-state index is 12.9. The molecular formula is C24H30N4O3S. The monoisotopic (exact) mass is 454 g/mol. The van der Waals surface area contributed by atoms with E-state index in [1.807, 2.05) is 32.1 Å². The third kappa shape index (κ3) is 3.98. The fraction of sp³-hybridized carbons (Fsp3) is 0.417. The number of hydrogen-bond donors (Lipinski definition) is 3. The van der Waals surface area contributed by atoms with Crippen LogP contribution in [-0.4, -0.2) is 58.2 Å². The van der Waals surface area contributed by atoms with Crippen molar-refractivity contribution in [1.29, 1.82) is 0 Å². The van der Waals surface area contributed by atoms with Gasteiger partial charge in [-0.15, -0.1) is 0 Å². The topological polar surface area (TPSA) is 100 Å². The van der Waals surface area contributed by atoms with Crippen LogP contribution >= 0.6 is 0 Å².